The van der Waals surface area contributed by atoms with E-state index in [1.807, 2.05) is 30.3 Å². The molecule has 94 valence electrons. The van der Waals surface area contributed by atoms with Gasteiger partial charge in [0.15, 0.2) is 0 Å². The fraction of sp³-hybridized carbons (Fsp3) is 0.200. The Morgan fingerprint density at radius 1 is 0.889 bits per heavy atom. The molecule has 0 fully saturated rings. The van der Waals surface area contributed by atoms with E-state index in [4.69, 9.17) is 0 Å². The molecule has 0 saturated heterocycles. The van der Waals surface area contributed by atoms with Crippen molar-refractivity contribution < 1.29 is 13.5 Å². The van der Waals surface area contributed by atoms with Crippen LogP contribution in [0.1, 0.15) is 13.3 Å². The Hall–Kier alpha value is -1.90. The predicted octanol–water partition coefficient (Wildman–Crippen LogP) is 4.74. The minimum atomic E-state index is -3.10. The van der Waals surface area contributed by atoms with Gasteiger partial charge in [-0.05, 0) is 23.3 Å². The molecule has 18 heavy (non-hydrogen) atoms. The van der Waals surface area contributed by atoms with Crippen LogP contribution < -0.4 is 4.74 Å². The monoisotopic (exact) mass is 248 g/mol. The molecule has 0 aliphatic rings. The highest BCUT2D eigenvalue weighted by molar-refractivity contribution is 5.63. The number of benzene rings is 2. The lowest BCUT2D eigenvalue weighted by molar-refractivity contribution is -0.177. The Labute approximate surface area is 105 Å². The van der Waals surface area contributed by atoms with Gasteiger partial charge in [-0.1, -0.05) is 49.4 Å². The third-order valence-corrected chi connectivity index (χ3v) is 2.64. The summed E-state index contributed by atoms with van der Waals surface area (Å²) in [5, 5.41) is 0. The Balaban J connectivity index is 2.16. The zero-order valence-electron chi connectivity index (χ0n) is 10.1. The number of ether oxygens (including phenoxy) is 1. The summed E-state index contributed by atoms with van der Waals surface area (Å²) in [5.74, 6) is 0.182. The molecule has 0 amide bonds. The lowest BCUT2D eigenvalue weighted by atomic mass is 10.1. The number of hydrogen-bond donors (Lipinski definition) is 0. The van der Waals surface area contributed by atoms with Crippen LogP contribution in [0.3, 0.4) is 0 Å². The molecular weight excluding hydrogens is 234 g/mol. The molecule has 0 spiro atoms. The third-order valence-electron chi connectivity index (χ3n) is 2.64. The maximum absolute atomic E-state index is 13.0. The van der Waals surface area contributed by atoms with Gasteiger partial charge in [0, 0.05) is 6.42 Å². The van der Waals surface area contributed by atoms with Gasteiger partial charge in [0.1, 0.15) is 5.75 Å². The van der Waals surface area contributed by atoms with Gasteiger partial charge in [-0.2, -0.15) is 8.78 Å². The summed E-state index contributed by atoms with van der Waals surface area (Å²) in [6.07, 6.45) is -3.44. The van der Waals surface area contributed by atoms with Crippen LogP contribution in [-0.4, -0.2) is 6.11 Å². The van der Waals surface area contributed by atoms with Gasteiger partial charge >= 0.3 is 6.11 Å². The summed E-state index contributed by atoms with van der Waals surface area (Å²) < 4.78 is 30.7. The highest BCUT2D eigenvalue weighted by Crippen LogP contribution is 2.27. The van der Waals surface area contributed by atoms with E-state index in [2.05, 4.69) is 4.74 Å². The summed E-state index contributed by atoms with van der Waals surface area (Å²) in [7, 11) is 0. The highest BCUT2D eigenvalue weighted by atomic mass is 19.3. The quantitative estimate of drug-likeness (QED) is 0.759. The number of hydrogen-bond acceptors (Lipinski definition) is 1. The number of rotatable bonds is 4. The van der Waals surface area contributed by atoms with E-state index < -0.39 is 6.11 Å². The van der Waals surface area contributed by atoms with Crippen molar-refractivity contribution in [3.05, 3.63) is 54.6 Å². The summed E-state index contributed by atoms with van der Waals surface area (Å²) in [4.78, 5) is 0. The molecule has 2 aromatic rings. The normalized spacial score (nSPS) is 11.3. The minimum absolute atomic E-state index is 0.182. The van der Waals surface area contributed by atoms with Gasteiger partial charge in [0.2, 0.25) is 0 Å². The second-order valence-electron chi connectivity index (χ2n) is 3.98. The fourth-order valence-corrected chi connectivity index (χ4v) is 1.59. The molecule has 0 bridgehead atoms. The highest BCUT2D eigenvalue weighted by Gasteiger charge is 2.28. The minimum Gasteiger partial charge on any atom is -0.433 e. The van der Waals surface area contributed by atoms with Gasteiger partial charge in [-0.3, -0.25) is 0 Å². The maximum Gasteiger partial charge on any atom is 0.397 e. The molecule has 0 aliphatic carbocycles. The van der Waals surface area contributed by atoms with Crippen molar-refractivity contribution in [3.63, 3.8) is 0 Å². The summed E-state index contributed by atoms with van der Waals surface area (Å²) >= 11 is 0. The first-order valence-corrected chi connectivity index (χ1v) is 5.83. The van der Waals surface area contributed by atoms with E-state index in [1.54, 1.807) is 24.3 Å². The van der Waals surface area contributed by atoms with E-state index in [1.165, 1.54) is 6.92 Å². The lowest BCUT2D eigenvalue weighted by Gasteiger charge is -2.16. The summed E-state index contributed by atoms with van der Waals surface area (Å²) in [5.41, 5.74) is 2.02. The van der Waals surface area contributed by atoms with Crippen molar-refractivity contribution in [1.29, 1.82) is 0 Å². The second kappa shape index (κ2) is 5.17. The number of alkyl halides is 2. The molecule has 0 aliphatic heterocycles. The van der Waals surface area contributed by atoms with E-state index >= 15 is 0 Å². The molecule has 0 atom stereocenters. The van der Waals surface area contributed by atoms with Crippen molar-refractivity contribution in [2.45, 2.75) is 19.5 Å². The van der Waals surface area contributed by atoms with E-state index in [0.29, 0.717) is 0 Å². The van der Waals surface area contributed by atoms with Crippen LogP contribution in [0.15, 0.2) is 54.6 Å². The molecule has 3 heteroatoms. The first-order valence-electron chi connectivity index (χ1n) is 5.83. The van der Waals surface area contributed by atoms with Crippen LogP contribution in [-0.2, 0) is 0 Å². The Morgan fingerprint density at radius 2 is 1.44 bits per heavy atom. The van der Waals surface area contributed by atoms with Gasteiger partial charge < -0.3 is 4.74 Å². The van der Waals surface area contributed by atoms with Gasteiger partial charge in [0.05, 0.1) is 0 Å². The topological polar surface area (TPSA) is 9.23 Å². The first-order chi connectivity index (χ1) is 8.61. The molecular formula is C15H14F2O. The van der Waals surface area contributed by atoms with E-state index in [9.17, 15) is 8.78 Å². The Kier molecular flexibility index (Phi) is 3.60. The van der Waals surface area contributed by atoms with Crippen LogP contribution in [0, 0.1) is 0 Å². The molecule has 1 nitrogen and oxygen atoms in total. The third kappa shape index (κ3) is 3.06. The summed E-state index contributed by atoms with van der Waals surface area (Å²) in [6, 6.07) is 16.4. The molecule has 0 unspecified atom stereocenters. The lowest BCUT2D eigenvalue weighted by Crippen LogP contribution is -2.22. The molecule has 0 N–H and O–H groups in total. The second-order valence-corrected chi connectivity index (χ2v) is 3.98. The molecule has 0 heterocycles. The largest absolute Gasteiger partial charge is 0.433 e. The van der Waals surface area contributed by atoms with Gasteiger partial charge in [0.25, 0.3) is 0 Å². The van der Waals surface area contributed by atoms with Crippen LogP contribution >= 0.6 is 0 Å². The average molecular weight is 248 g/mol. The van der Waals surface area contributed by atoms with Crippen molar-refractivity contribution in [3.8, 4) is 16.9 Å². The van der Waals surface area contributed by atoms with Crippen molar-refractivity contribution >= 4 is 0 Å². The van der Waals surface area contributed by atoms with Crippen LogP contribution in [0.25, 0.3) is 11.1 Å². The zero-order chi connectivity index (χ0) is 13.0. The van der Waals surface area contributed by atoms with E-state index in [-0.39, 0.29) is 12.2 Å². The Morgan fingerprint density at radius 3 is 2.00 bits per heavy atom. The SMILES string of the molecule is CCC(F)(F)Oc1ccc(-c2ccccc2)cc1. The standard InChI is InChI=1S/C15H14F2O/c1-2-15(16,17)18-14-10-8-13(9-11-14)12-6-4-3-5-7-12/h3-11H,2H2,1H3. The van der Waals surface area contributed by atoms with Crippen molar-refractivity contribution in [2.24, 2.45) is 0 Å². The van der Waals surface area contributed by atoms with Crippen molar-refractivity contribution in [1.82, 2.24) is 0 Å². The molecule has 0 saturated carbocycles. The number of halogens is 2. The molecule has 0 radical (unpaired) electrons. The summed E-state index contributed by atoms with van der Waals surface area (Å²) in [6.45, 7) is 1.39. The average Bonchev–Trinajstić information content (AvgIpc) is 2.40. The van der Waals surface area contributed by atoms with Crippen LogP contribution in [0.2, 0.25) is 0 Å². The van der Waals surface area contributed by atoms with Crippen molar-refractivity contribution in [2.75, 3.05) is 0 Å². The van der Waals surface area contributed by atoms with Gasteiger partial charge in [-0.25, -0.2) is 0 Å². The first kappa shape index (κ1) is 12.6. The fourth-order valence-electron chi connectivity index (χ4n) is 1.59. The molecule has 2 rings (SSSR count). The Bertz CT molecular complexity index is 492. The molecule has 0 aromatic heterocycles. The molecule has 2 aromatic carbocycles. The zero-order valence-corrected chi connectivity index (χ0v) is 10.1. The van der Waals surface area contributed by atoms with Crippen LogP contribution in [0.4, 0.5) is 8.78 Å². The predicted molar refractivity (Wildman–Crippen MR) is 67.7 cm³/mol. The van der Waals surface area contributed by atoms with E-state index in [0.717, 1.165) is 11.1 Å². The smallest absolute Gasteiger partial charge is 0.397 e. The van der Waals surface area contributed by atoms with Gasteiger partial charge in [-0.15, -0.1) is 0 Å². The van der Waals surface area contributed by atoms with Crippen LogP contribution in [0.5, 0.6) is 5.75 Å². The maximum atomic E-state index is 13.0.